The SMILES string of the molecule is CCOC(=O)c1nc(C(=O)NCCc2ncon2)cs1. The number of aromatic nitrogens is 3. The summed E-state index contributed by atoms with van der Waals surface area (Å²) < 4.78 is 9.37. The molecule has 0 aliphatic heterocycles. The number of thiazole rings is 1. The van der Waals surface area contributed by atoms with Gasteiger partial charge in [0.1, 0.15) is 5.69 Å². The first-order valence-corrected chi connectivity index (χ1v) is 6.74. The van der Waals surface area contributed by atoms with E-state index in [9.17, 15) is 9.59 Å². The van der Waals surface area contributed by atoms with E-state index in [1.54, 1.807) is 6.92 Å². The van der Waals surface area contributed by atoms with Crippen LogP contribution in [-0.2, 0) is 11.2 Å². The molecule has 2 heterocycles. The van der Waals surface area contributed by atoms with Gasteiger partial charge in [0.25, 0.3) is 5.91 Å². The molecule has 1 amide bonds. The Morgan fingerprint density at radius 1 is 1.50 bits per heavy atom. The molecule has 2 aromatic rings. The first kappa shape index (κ1) is 14.1. The van der Waals surface area contributed by atoms with Crippen LogP contribution in [0.2, 0.25) is 0 Å². The molecule has 0 saturated heterocycles. The standard InChI is InChI=1S/C11H12N4O4S/c1-2-18-11(17)10-14-7(5-20-10)9(16)12-4-3-8-13-6-19-15-8/h5-6H,2-4H2,1H3,(H,12,16). The molecule has 2 rings (SSSR count). The second-order valence-electron chi connectivity index (χ2n) is 3.61. The number of carbonyl (C=O) groups excluding carboxylic acids is 2. The molecule has 0 aliphatic carbocycles. The highest BCUT2D eigenvalue weighted by molar-refractivity contribution is 7.11. The molecule has 2 aromatic heterocycles. The van der Waals surface area contributed by atoms with Crippen molar-refractivity contribution in [1.82, 2.24) is 20.4 Å². The van der Waals surface area contributed by atoms with Crippen LogP contribution in [0.25, 0.3) is 0 Å². The maximum Gasteiger partial charge on any atom is 0.367 e. The van der Waals surface area contributed by atoms with Crippen molar-refractivity contribution in [3.05, 3.63) is 28.3 Å². The van der Waals surface area contributed by atoms with E-state index < -0.39 is 5.97 Å². The molecular weight excluding hydrogens is 284 g/mol. The molecule has 0 atom stereocenters. The van der Waals surface area contributed by atoms with Gasteiger partial charge in [-0.25, -0.2) is 9.78 Å². The highest BCUT2D eigenvalue weighted by Gasteiger charge is 2.16. The predicted molar refractivity (Wildman–Crippen MR) is 68.4 cm³/mol. The Balaban J connectivity index is 1.84. The van der Waals surface area contributed by atoms with Crippen LogP contribution in [0.1, 0.15) is 33.0 Å². The van der Waals surface area contributed by atoms with Crippen LogP contribution in [0.15, 0.2) is 16.3 Å². The Morgan fingerprint density at radius 3 is 3.05 bits per heavy atom. The Hall–Kier alpha value is -2.29. The van der Waals surface area contributed by atoms with Gasteiger partial charge >= 0.3 is 5.97 Å². The van der Waals surface area contributed by atoms with Crippen molar-refractivity contribution < 1.29 is 18.8 Å². The van der Waals surface area contributed by atoms with Crippen LogP contribution < -0.4 is 5.32 Å². The molecule has 0 unspecified atom stereocenters. The fraction of sp³-hybridized carbons (Fsp3) is 0.364. The first-order valence-electron chi connectivity index (χ1n) is 5.86. The zero-order valence-electron chi connectivity index (χ0n) is 10.7. The second-order valence-corrected chi connectivity index (χ2v) is 4.47. The topological polar surface area (TPSA) is 107 Å². The zero-order chi connectivity index (χ0) is 14.4. The molecule has 0 radical (unpaired) electrons. The maximum atomic E-state index is 11.8. The van der Waals surface area contributed by atoms with Crippen molar-refractivity contribution in [2.45, 2.75) is 13.3 Å². The largest absolute Gasteiger partial charge is 0.461 e. The van der Waals surface area contributed by atoms with Crippen LogP contribution >= 0.6 is 11.3 Å². The van der Waals surface area contributed by atoms with E-state index in [1.807, 2.05) is 0 Å². The monoisotopic (exact) mass is 296 g/mol. The molecular formula is C11H12N4O4S. The number of hydrogen-bond acceptors (Lipinski definition) is 8. The van der Waals surface area contributed by atoms with Crippen LogP contribution in [0.3, 0.4) is 0 Å². The summed E-state index contributed by atoms with van der Waals surface area (Å²) in [6.07, 6.45) is 1.68. The number of nitrogens with zero attached hydrogens (tertiary/aromatic N) is 3. The molecule has 0 fully saturated rings. The van der Waals surface area contributed by atoms with Crippen molar-refractivity contribution in [2.24, 2.45) is 0 Å². The van der Waals surface area contributed by atoms with E-state index in [0.29, 0.717) is 18.8 Å². The summed E-state index contributed by atoms with van der Waals surface area (Å²) in [5, 5.41) is 7.95. The van der Waals surface area contributed by atoms with Gasteiger partial charge < -0.3 is 14.6 Å². The molecule has 20 heavy (non-hydrogen) atoms. The van der Waals surface area contributed by atoms with Gasteiger partial charge in [-0.15, -0.1) is 11.3 Å². The minimum absolute atomic E-state index is 0.162. The van der Waals surface area contributed by atoms with Gasteiger partial charge in [-0.05, 0) is 6.92 Å². The van der Waals surface area contributed by atoms with Crippen molar-refractivity contribution in [2.75, 3.05) is 13.2 Å². The fourth-order valence-corrected chi connectivity index (χ4v) is 2.03. The van der Waals surface area contributed by atoms with Gasteiger partial charge in [0.05, 0.1) is 6.61 Å². The third-order valence-corrected chi connectivity index (χ3v) is 3.05. The lowest BCUT2D eigenvalue weighted by Gasteiger charge is -2.00. The lowest BCUT2D eigenvalue weighted by molar-refractivity contribution is 0.0526. The molecule has 0 bridgehead atoms. The third kappa shape index (κ3) is 3.60. The van der Waals surface area contributed by atoms with E-state index in [1.165, 1.54) is 11.8 Å². The molecule has 1 N–H and O–H groups in total. The summed E-state index contributed by atoms with van der Waals surface area (Å²) in [4.78, 5) is 31.0. The summed E-state index contributed by atoms with van der Waals surface area (Å²) in [7, 11) is 0. The van der Waals surface area contributed by atoms with Gasteiger partial charge in [0, 0.05) is 18.3 Å². The lowest BCUT2D eigenvalue weighted by Crippen LogP contribution is -2.26. The minimum atomic E-state index is -0.525. The van der Waals surface area contributed by atoms with Gasteiger partial charge in [-0.3, -0.25) is 4.79 Å². The van der Waals surface area contributed by atoms with Gasteiger partial charge in [-0.2, -0.15) is 4.98 Å². The molecule has 0 aromatic carbocycles. The Kier molecular flexibility index (Phi) is 4.77. The first-order chi connectivity index (χ1) is 9.70. The normalized spacial score (nSPS) is 10.2. The van der Waals surface area contributed by atoms with Crippen LogP contribution in [-0.4, -0.2) is 40.2 Å². The van der Waals surface area contributed by atoms with Crippen molar-refractivity contribution >= 4 is 23.2 Å². The van der Waals surface area contributed by atoms with Crippen molar-refractivity contribution in [1.29, 1.82) is 0 Å². The van der Waals surface area contributed by atoms with Gasteiger partial charge in [0.2, 0.25) is 11.4 Å². The van der Waals surface area contributed by atoms with E-state index in [-0.39, 0.29) is 23.2 Å². The number of ether oxygens (including phenoxy) is 1. The smallest absolute Gasteiger partial charge is 0.367 e. The van der Waals surface area contributed by atoms with E-state index >= 15 is 0 Å². The van der Waals surface area contributed by atoms with Crippen LogP contribution in [0.4, 0.5) is 0 Å². The molecule has 106 valence electrons. The number of nitrogens with one attached hydrogen (secondary N) is 1. The van der Waals surface area contributed by atoms with Crippen LogP contribution in [0, 0.1) is 0 Å². The Bertz CT molecular complexity index is 581. The van der Waals surface area contributed by atoms with E-state index in [4.69, 9.17) is 4.74 Å². The number of amides is 1. The number of rotatable bonds is 6. The Morgan fingerprint density at radius 2 is 2.35 bits per heavy atom. The molecule has 0 saturated carbocycles. The predicted octanol–water partition coefficient (Wildman–Crippen LogP) is 0.675. The summed E-state index contributed by atoms with van der Waals surface area (Å²) in [5.74, 6) is -0.376. The summed E-state index contributed by atoms with van der Waals surface area (Å²) in [5.41, 5.74) is 0.186. The Labute approximate surface area is 118 Å². The average molecular weight is 296 g/mol. The molecule has 8 nitrogen and oxygen atoms in total. The van der Waals surface area contributed by atoms with Gasteiger partial charge in [-0.1, -0.05) is 5.16 Å². The van der Waals surface area contributed by atoms with E-state index in [0.717, 1.165) is 11.3 Å². The maximum absolute atomic E-state index is 11.8. The highest BCUT2D eigenvalue weighted by Crippen LogP contribution is 2.11. The quantitative estimate of drug-likeness (QED) is 0.781. The average Bonchev–Trinajstić information content (AvgIpc) is 3.10. The lowest BCUT2D eigenvalue weighted by atomic mass is 10.4. The van der Waals surface area contributed by atoms with Gasteiger partial charge in [0.15, 0.2) is 5.82 Å². The number of carbonyl (C=O) groups is 2. The second kappa shape index (κ2) is 6.75. The fourth-order valence-electron chi connectivity index (χ4n) is 1.35. The van der Waals surface area contributed by atoms with Crippen LogP contribution in [0.5, 0.6) is 0 Å². The molecule has 9 heteroatoms. The van der Waals surface area contributed by atoms with E-state index in [2.05, 4.69) is 25.0 Å². The zero-order valence-corrected chi connectivity index (χ0v) is 11.5. The highest BCUT2D eigenvalue weighted by atomic mass is 32.1. The third-order valence-electron chi connectivity index (χ3n) is 2.23. The van der Waals surface area contributed by atoms with Crippen molar-refractivity contribution in [3.8, 4) is 0 Å². The summed E-state index contributed by atoms with van der Waals surface area (Å²) in [6.45, 7) is 2.33. The number of esters is 1. The molecule has 0 aliphatic rings. The minimum Gasteiger partial charge on any atom is -0.461 e. The summed E-state index contributed by atoms with van der Waals surface area (Å²) in [6, 6.07) is 0. The van der Waals surface area contributed by atoms with Crippen molar-refractivity contribution in [3.63, 3.8) is 0 Å². The number of hydrogen-bond donors (Lipinski definition) is 1. The summed E-state index contributed by atoms with van der Waals surface area (Å²) >= 11 is 1.07. The molecule has 0 spiro atoms.